The number of carboxylic acid groups (broad SMARTS) is 1. The highest BCUT2D eigenvalue weighted by molar-refractivity contribution is 5.84. The van der Waals surface area contributed by atoms with E-state index in [2.05, 4.69) is 4.74 Å². The van der Waals surface area contributed by atoms with Gasteiger partial charge in [0.15, 0.2) is 6.04 Å². The minimum Gasteiger partial charge on any atom is -0.481 e. The summed E-state index contributed by atoms with van der Waals surface area (Å²) in [7, 11) is 1.25. The van der Waals surface area contributed by atoms with Crippen LogP contribution in [0.2, 0.25) is 0 Å². The highest BCUT2D eigenvalue weighted by Gasteiger charge is 2.36. The third-order valence-electron chi connectivity index (χ3n) is 3.42. The lowest BCUT2D eigenvalue weighted by Gasteiger charge is -2.37. The zero-order chi connectivity index (χ0) is 16.0. The standard InChI is InChI=1S/C13H22N2O6/c1-4-14(7-9(2)11(16)17)13(19)15-5-6-21-8-10(15)12(18)20-3/h9-10H,4-8H2,1-3H3,(H,16,17). The first-order chi connectivity index (χ1) is 9.92. The number of carbonyl (C=O) groups excluding carboxylic acids is 2. The van der Waals surface area contributed by atoms with Crippen molar-refractivity contribution in [1.29, 1.82) is 0 Å². The number of urea groups is 1. The van der Waals surface area contributed by atoms with Crippen LogP contribution in [-0.4, -0.2) is 78.9 Å². The van der Waals surface area contributed by atoms with Crippen LogP contribution >= 0.6 is 0 Å². The Kier molecular flexibility index (Phi) is 6.41. The van der Waals surface area contributed by atoms with E-state index in [1.807, 2.05) is 0 Å². The molecule has 2 atom stereocenters. The van der Waals surface area contributed by atoms with Crippen molar-refractivity contribution in [1.82, 2.24) is 9.80 Å². The molecule has 8 heteroatoms. The van der Waals surface area contributed by atoms with Gasteiger partial charge in [0.1, 0.15) is 0 Å². The second kappa shape index (κ2) is 7.82. The fourth-order valence-electron chi connectivity index (χ4n) is 2.10. The smallest absolute Gasteiger partial charge is 0.331 e. The molecule has 2 unspecified atom stereocenters. The number of amides is 2. The molecule has 0 aromatic heterocycles. The van der Waals surface area contributed by atoms with Gasteiger partial charge in [0.25, 0.3) is 0 Å². The van der Waals surface area contributed by atoms with E-state index in [1.165, 1.54) is 23.8 Å². The number of hydrogen-bond acceptors (Lipinski definition) is 5. The number of methoxy groups -OCH3 is 1. The van der Waals surface area contributed by atoms with Crippen LogP contribution in [0, 0.1) is 5.92 Å². The monoisotopic (exact) mass is 302 g/mol. The predicted octanol–water partition coefficient (Wildman–Crippen LogP) is 0.0228. The third-order valence-corrected chi connectivity index (χ3v) is 3.42. The second-order valence-electron chi connectivity index (χ2n) is 4.87. The molecule has 1 N–H and O–H groups in total. The Bertz CT molecular complexity index is 400. The van der Waals surface area contributed by atoms with Gasteiger partial charge in [-0.15, -0.1) is 0 Å². The van der Waals surface area contributed by atoms with Crippen molar-refractivity contribution in [3.05, 3.63) is 0 Å². The molecule has 1 saturated heterocycles. The van der Waals surface area contributed by atoms with Crippen molar-refractivity contribution in [3.63, 3.8) is 0 Å². The van der Waals surface area contributed by atoms with Crippen LogP contribution in [0.1, 0.15) is 13.8 Å². The van der Waals surface area contributed by atoms with Crippen LogP contribution in [0.25, 0.3) is 0 Å². The molecule has 0 aliphatic carbocycles. The Hall–Kier alpha value is -1.83. The molecular formula is C13H22N2O6. The maximum Gasteiger partial charge on any atom is 0.331 e. The van der Waals surface area contributed by atoms with Gasteiger partial charge >= 0.3 is 18.0 Å². The van der Waals surface area contributed by atoms with Crippen molar-refractivity contribution in [3.8, 4) is 0 Å². The number of hydrogen-bond donors (Lipinski definition) is 1. The summed E-state index contributed by atoms with van der Waals surface area (Å²) in [5.74, 6) is -2.18. The Morgan fingerprint density at radius 3 is 2.67 bits per heavy atom. The summed E-state index contributed by atoms with van der Waals surface area (Å²) in [6, 6.07) is -1.16. The number of carbonyl (C=O) groups is 3. The first-order valence-electron chi connectivity index (χ1n) is 6.86. The van der Waals surface area contributed by atoms with Crippen LogP contribution < -0.4 is 0 Å². The Balaban J connectivity index is 2.80. The zero-order valence-electron chi connectivity index (χ0n) is 12.6. The van der Waals surface area contributed by atoms with Gasteiger partial charge in [0.2, 0.25) is 0 Å². The predicted molar refractivity (Wildman–Crippen MR) is 72.8 cm³/mol. The van der Waals surface area contributed by atoms with E-state index in [1.54, 1.807) is 6.92 Å². The van der Waals surface area contributed by atoms with Gasteiger partial charge in [-0.1, -0.05) is 6.92 Å². The Morgan fingerprint density at radius 2 is 2.14 bits per heavy atom. The number of ether oxygens (including phenoxy) is 2. The van der Waals surface area contributed by atoms with Crippen LogP contribution in [0.15, 0.2) is 0 Å². The van der Waals surface area contributed by atoms with Gasteiger partial charge in [0.05, 0.1) is 26.2 Å². The quantitative estimate of drug-likeness (QED) is 0.719. The normalized spacial score (nSPS) is 19.8. The van der Waals surface area contributed by atoms with E-state index < -0.39 is 23.9 Å². The third kappa shape index (κ3) is 4.32. The van der Waals surface area contributed by atoms with Crippen molar-refractivity contribution >= 4 is 18.0 Å². The number of rotatable bonds is 5. The van der Waals surface area contributed by atoms with E-state index in [-0.39, 0.29) is 25.7 Å². The van der Waals surface area contributed by atoms with Crippen LogP contribution in [0.5, 0.6) is 0 Å². The van der Waals surface area contributed by atoms with Gasteiger partial charge in [-0.2, -0.15) is 0 Å². The van der Waals surface area contributed by atoms with Crippen molar-refractivity contribution in [2.75, 3.05) is 40.0 Å². The number of morpholine rings is 1. The molecule has 0 spiro atoms. The number of carboxylic acids is 1. The molecule has 0 saturated carbocycles. The minimum atomic E-state index is -0.965. The van der Waals surface area contributed by atoms with Gasteiger partial charge in [0, 0.05) is 19.6 Å². The maximum absolute atomic E-state index is 12.5. The van der Waals surface area contributed by atoms with Crippen LogP contribution in [-0.2, 0) is 19.1 Å². The molecule has 1 aliphatic rings. The molecule has 1 rings (SSSR count). The van der Waals surface area contributed by atoms with Crippen molar-refractivity contribution in [2.24, 2.45) is 5.92 Å². The topological polar surface area (TPSA) is 96.4 Å². The van der Waals surface area contributed by atoms with Crippen molar-refractivity contribution in [2.45, 2.75) is 19.9 Å². The summed E-state index contributed by atoms with van der Waals surface area (Å²) in [6.07, 6.45) is 0. The molecule has 0 bridgehead atoms. The molecule has 21 heavy (non-hydrogen) atoms. The molecule has 1 fully saturated rings. The minimum absolute atomic E-state index is 0.0877. The first-order valence-corrected chi connectivity index (χ1v) is 6.86. The van der Waals surface area contributed by atoms with Gasteiger partial charge in [-0.3, -0.25) is 4.79 Å². The summed E-state index contributed by atoms with van der Waals surface area (Å²) >= 11 is 0. The second-order valence-corrected chi connectivity index (χ2v) is 4.87. The van der Waals surface area contributed by atoms with E-state index in [4.69, 9.17) is 9.84 Å². The summed E-state index contributed by atoms with van der Waals surface area (Å²) in [6.45, 7) is 4.46. The van der Waals surface area contributed by atoms with Gasteiger partial charge in [-0.25, -0.2) is 9.59 Å². The molecular weight excluding hydrogens is 280 g/mol. The summed E-state index contributed by atoms with van der Waals surface area (Å²) in [5.41, 5.74) is 0. The number of esters is 1. The zero-order valence-corrected chi connectivity index (χ0v) is 12.6. The SMILES string of the molecule is CCN(CC(C)C(=O)O)C(=O)N1CCOCC1C(=O)OC. The lowest BCUT2D eigenvalue weighted by Crippen LogP contribution is -2.57. The summed E-state index contributed by atoms with van der Waals surface area (Å²) in [5, 5.41) is 8.95. The molecule has 120 valence electrons. The molecule has 0 radical (unpaired) electrons. The van der Waals surface area contributed by atoms with E-state index in [0.717, 1.165) is 0 Å². The number of aliphatic carboxylic acids is 1. The lowest BCUT2D eigenvalue weighted by atomic mass is 10.1. The van der Waals surface area contributed by atoms with E-state index in [0.29, 0.717) is 13.2 Å². The van der Waals surface area contributed by atoms with Crippen LogP contribution in [0.4, 0.5) is 4.79 Å². The molecule has 8 nitrogen and oxygen atoms in total. The molecule has 2 amide bonds. The average Bonchev–Trinajstić information content (AvgIpc) is 2.50. The summed E-state index contributed by atoms with van der Waals surface area (Å²) in [4.78, 5) is 37.9. The Labute approximate surface area is 123 Å². The van der Waals surface area contributed by atoms with E-state index in [9.17, 15) is 14.4 Å². The molecule has 1 aliphatic heterocycles. The van der Waals surface area contributed by atoms with Gasteiger partial charge in [-0.05, 0) is 6.92 Å². The van der Waals surface area contributed by atoms with Gasteiger partial charge < -0.3 is 24.4 Å². The highest BCUT2D eigenvalue weighted by atomic mass is 16.5. The average molecular weight is 302 g/mol. The molecule has 1 heterocycles. The summed E-state index contributed by atoms with van der Waals surface area (Å²) < 4.78 is 9.89. The van der Waals surface area contributed by atoms with Crippen LogP contribution in [0.3, 0.4) is 0 Å². The first kappa shape index (κ1) is 17.2. The maximum atomic E-state index is 12.5. The van der Waals surface area contributed by atoms with Crippen molar-refractivity contribution < 1.29 is 29.0 Å². The molecule has 0 aromatic carbocycles. The lowest BCUT2D eigenvalue weighted by molar-refractivity contribution is -0.151. The van der Waals surface area contributed by atoms with E-state index >= 15 is 0 Å². The largest absolute Gasteiger partial charge is 0.481 e. The fourth-order valence-corrected chi connectivity index (χ4v) is 2.10. The molecule has 0 aromatic rings. The number of nitrogens with zero attached hydrogens (tertiary/aromatic N) is 2. The fraction of sp³-hybridized carbons (Fsp3) is 0.769. The highest BCUT2D eigenvalue weighted by Crippen LogP contribution is 2.13. The Morgan fingerprint density at radius 1 is 1.48 bits per heavy atom.